The van der Waals surface area contributed by atoms with Gasteiger partial charge in [0, 0.05) is 23.7 Å². The van der Waals surface area contributed by atoms with E-state index in [0.717, 1.165) is 24.5 Å². The van der Waals surface area contributed by atoms with Crippen molar-refractivity contribution in [3.05, 3.63) is 40.6 Å². The third kappa shape index (κ3) is 5.48. The van der Waals surface area contributed by atoms with E-state index in [9.17, 15) is 9.59 Å². The number of carbonyl (C=O) groups is 2. The van der Waals surface area contributed by atoms with Crippen LogP contribution in [0.3, 0.4) is 0 Å². The molecule has 0 unspecified atom stereocenters. The number of rotatable bonds is 8. The van der Waals surface area contributed by atoms with E-state index in [1.807, 2.05) is 22.4 Å². The fourth-order valence-corrected chi connectivity index (χ4v) is 3.85. The molecule has 0 saturated heterocycles. The number of fused-ring (bicyclic) bond motifs is 1. The van der Waals surface area contributed by atoms with E-state index in [1.54, 1.807) is 36.5 Å². The summed E-state index contributed by atoms with van der Waals surface area (Å²) in [7, 11) is 0. The molecule has 1 aromatic heterocycles. The predicted octanol–water partition coefficient (Wildman–Crippen LogP) is 3.84. The molecule has 7 nitrogen and oxygen atoms in total. The Morgan fingerprint density at radius 3 is 2.72 bits per heavy atom. The molecular weight excluding hydrogens is 388 g/mol. The van der Waals surface area contributed by atoms with Crippen LogP contribution in [0.2, 0.25) is 0 Å². The van der Waals surface area contributed by atoms with Crippen LogP contribution in [-0.4, -0.2) is 54.0 Å². The van der Waals surface area contributed by atoms with Crippen molar-refractivity contribution in [2.75, 3.05) is 36.8 Å². The molecule has 0 fully saturated rings. The SMILES string of the molecule is CCN(CC)CCN(Cc1cccs1)C(=O)Nc1ccc2c(c1)NC(=O)[C@@H](C)O2. The Bertz CT molecular complexity index is 836. The number of thiophene rings is 1. The third-order valence-electron chi connectivity index (χ3n) is 4.96. The third-order valence-corrected chi connectivity index (χ3v) is 5.82. The Balaban J connectivity index is 1.70. The first-order valence-electron chi connectivity index (χ1n) is 9.92. The topological polar surface area (TPSA) is 73.9 Å². The van der Waals surface area contributed by atoms with E-state index in [1.165, 1.54) is 0 Å². The lowest BCUT2D eigenvalue weighted by Crippen LogP contribution is -2.40. The van der Waals surface area contributed by atoms with Crippen molar-refractivity contribution in [2.45, 2.75) is 33.4 Å². The molecule has 2 heterocycles. The lowest BCUT2D eigenvalue weighted by Gasteiger charge is -2.27. The van der Waals surface area contributed by atoms with Crippen LogP contribution >= 0.6 is 11.3 Å². The van der Waals surface area contributed by atoms with Crippen LogP contribution in [0.5, 0.6) is 5.75 Å². The number of carbonyl (C=O) groups excluding carboxylic acids is 2. The van der Waals surface area contributed by atoms with Crippen LogP contribution in [0.4, 0.5) is 16.2 Å². The number of hydrogen-bond donors (Lipinski definition) is 2. The zero-order valence-corrected chi connectivity index (χ0v) is 17.9. The molecule has 156 valence electrons. The van der Waals surface area contributed by atoms with E-state index in [2.05, 4.69) is 29.4 Å². The molecule has 0 aliphatic carbocycles. The van der Waals surface area contributed by atoms with Crippen LogP contribution < -0.4 is 15.4 Å². The minimum atomic E-state index is -0.524. The van der Waals surface area contributed by atoms with Crippen molar-refractivity contribution in [1.82, 2.24) is 9.80 Å². The summed E-state index contributed by atoms with van der Waals surface area (Å²) < 4.78 is 5.57. The monoisotopic (exact) mass is 416 g/mol. The molecule has 2 N–H and O–H groups in total. The highest BCUT2D eigenvalue weighted by atomic mass is 32.1. The van der Waals surface area contributed by atoms with Crippen molar-refractivity contribution in [1.29, 1.82) is 0 Å². The van der Waals surface area contributed by atoms with E-state index in [0.29, 0.717) is 30.2 Å². The summed E-state index contributed by atoms with van der Waals surface area (Å²) in [6.07, 6.45) is -0.524. The van der Waals surface area contributed by atoms with Crippen molar-refractivity contribution < 1.29 is 14.3 Å². The van der Waals surface area contributed by atoms with Crippen LogP contribution in [0.15, 0.2) is 35.7 Å². The maximum atomic E-state index is 13.0. The minimum Gasteiger partial charge on any atom is -0.479 e. The number of ether oxygens (including phenoxy) is 1. The Kier molecular flexibility index (Phi) is 7.11. The number of amides is 3. The van der Waals surface area contributed by atoms with E-state index < -0.39 is 6.10 Å². The molecule has 8 heteroatoms. The summed E-state index contributed by atoms with van der Waals surface area (Å²) in [5.41, 5.74) is 1.19. The highest BCUT2D eigenvalue weighted by Crippen LogP contribution is 2.32. The second-order valence-electron chi connectivity index (χ2n) is 6.92. The molecule has 29 heavy (non-hydrogen) atoms. The summed E-state index contributed by atoms with van der Waals surface area (Å²) in [5.74, 6) is 0.409. The van der Waals surface area contributed by atoms with Gasteiger partial charge in [-0.1, -0.05) is 19.9 Å². The smallest absolute Gasteiger partial charge is 0.322 e. The first kappa shape index (κ1) is 21.1. The van der Waals surface area contributed by atoms with Crippen molar-refractivity contribution in [3.63, 3.8) is 0 Å². The van der Waals surface area contributed by atoms with Gasteiger partial charge in [-0.15, -0.1) is 11.3 Å². The molecule has 0 bridgehead atoms. The van der Waals surface area contributed by atoms with Crippen LogP contribution in [-0.2, 0) is 11.3 Å². The van der Waals surface area contributed by atoms with E-state index >= 15 is 0 Å². The minimum absolute atomic E-state index is 0.165. The zero-order chi connectivity index (χ0) is 20.8. The standard InChI is InChI=1S/C21H28N4O3S/c1-4-24(5-2)10-11-25(14-17-7-6-12-29-17)21(27)22-16-8-9-19-18(13-16)23-20(26)15(3)28-19/h6-9,12-13,15H,4-5,10-11,14H2,1-3H3,(H,22,27)(H,23,26)/t15-/m1/s1. The fraction of sp³-hybridized carbons (Fsp3) is 0.429. The van der Waals surface area contributed by atoms with Gasteiger partial charge in [0.1, 0.15) is 5.75 Å². The number of benzene rings is 1. The summed E-state index contributed by atoms with van der Waals surface area (Å²) in [6.45, 7) is 9.86. The number of nitrogens with zero attached hydrogens (tertiary/aromatic N) is 2. The molecule has 1 aromatic carbocycles. The Morgan fingerprint density at radius 1 is 1.24 bits per heavy atom. The number of anilines is 2. The Labute approximate surface area is 175 Å². The Morgan fingerprint density at radius 2 is 2.03 bits per heavy atom. The summed E-state index contributed by atoms with van der Waals surface area (Å²) >= 11 is 1.64. The molecule has 0 saturated carbocycles. The molecule has 1 atom stereocenters. The van der Waals surface area contributed by atoms with Gasteiger partial charge in [0.15, 0.2) is 6.10 Å². The normalized spacial score (nSPS) is 15.4. The van der Waals surface area contributed by atoms with Crippen LogP contribution in [0.25, 0.3) is 0 Å². The predicted molar refractivity (Wildman–Crippen MR) is 117 cm³/mol. The van der Waals surface area contributed by atoms with Gasteiger partial charge in [-0.25, -0.2) is 4.79 Å². The maximum absolute atomic E-state index is 13.0. The second-order valence-corrected chi connectivity index (χ2v) is 7.95. The van der Waals surface area contributed by atoms with Crippen molar-refractivity contribution in [3.8, 4) is 5.75 Å². The zero-order valence-electron chi connectivity index (χ0n) is 17.1. The number of urea groups is 1. The summed E-state index contributed by atoms with van der Waals surface area (Å²) in [5, 5.41) is 7.78. The Hall–Kier alpha value is -2.58. The highest BCUT2D eigenvalue weighted by Gasteiger charge is 2.24. The van der Waals surface area contributed by atoms with Gasteiger partial charge in [0.25, 0.3) is 5.91 Å². The molecule has 2 aromatic rings. The number of hydrogen-bond acceptors (Lipinski definition) is 5. The van der Waals surface area contributed by atoms with Crippen LogP contribution in [0.1, 0.15) is 25.6 Å². The molecule has 1 aliphatic heterocycles. The van der Waals surface area contributed by atoms with Crippen LogP contribution in [0, 0.1) is 0 Å². The van der Waals surface area contributed by atoms with Gasteiger partial charge >= 0.3 is 6.03 Å². The number of likely N-dealkylation sites (N-methyl/N-ethyl adjacent to an activating group) is 1. The lowest BCUT2D eigenvalue weighted by atomic mass is 10.2. The van der Waals surface area contributed by atoms with Gasteiger partial charge in [-0.2, -0.15) is 0 Å². The summed E-state index contributed by atoms with van der Waals surface area (Å²) in [4.78, 5) is 30.1. The average Bonchev–Trinajstić information content (AvgIpc) is 3.22. The summed E-state index contributed by atoms with van der Waals surface area (Å²) in [6, 6.07) is 9.14. The fourth-order valence-electron chi connectivity index (χ4n) is 3.13. The van der Waals surface area contributed by atoms with Gasteiger partial charge in [0.05, 0.1) is 12.2 Å². The second kappa shape index (κ2) is 9.76. The highest BCUT2D eigenvalue weighted by molar-refractivity contribution is 7.09. The molecule has 0 spiro atoms. The van der Waals surface area contributed by atoms with Gasteiger partial charge in [-0.3, -0.25) is 4.79 Å². The molecule has 3 amide bonds. The number of nitrogens with one attached hydrogen (secondary N) is 2. The van der Waals surface area contributed by atoms with Gasteiger partial charge < -0.3 is 25.2 Å². The van der Waals surface area contributed by atoms with Gasteiger partial charge in [0.2, 0.25) is 0 Å². The van der Waals surface area contributed by atoms with Crippen molar-refractivity contribution in [2.24, 2.45) is 0 Å². The average molecular weight is 417 g/mol. The molecule has 3 rings (SSSR count). The molecular formula is C21H28N4O3S. The first-order valence-corrected chi connectivity index (χ1v) is 10.8. The largest absolute Gasteiger partial charge is 0.479 e. The first-order chi connectivity index (χ1) is 14.0. The lowest BCUT2D eigenvalue weighted by molar-refractivity contribution is -0.122. The van der Waals surface area contributed by atoms with Crippen molar-refractivity contribution >= 4 is 34.6 Å². The quantitative estimate of drug-likeness (QED) is 0.686. The van der Waals surface area contributed by atoms with Gasteiger partial charge in [-0.05, 0) is 49.7 Å². The van der Waals surface area contributed by atoms with E-state index in [-0.39, 0.29) is 11.9 Å². The van der Waals surface area contributed by atoms with E-state index in [4.69, 9.17) is 4.74 Å². The maximum Gasteiger partial charge on any atom is 0.322 e. The molecule has 0 radical (unpaired) electrons. The molecule has 1 aliphatic rings.